The van der Waals surface area contributed by atoms with Crippen LogP contribution in [0, 0.1) is 0 Å². The normalized spacial score (nSPS) is 20.3. The van der Waals surface area contributed by atoms with Gasteiger partial charge in [0.05, 0.1) is 24.3 Å². The molecule has 1 saturated heterocycles. The number of aromatic nitrogens is 4. The molecule has 2 aromatic heterocycles. The van der Waals surface area contributed by atoms with Gasteiger partial charge in [0.2, 0.25) is 5.28 Å². The molecule has 1 aliphatic heterocycles. The summed E-state index contributed by atoms with van der Waals surface area (Å²) in [5, 5.41) is 8.84. The molecule has 0 aliphatic carbocycles. The van der Waals surface area contributed by atoms with E-state index in [1.54, 1.807) is 10.9 Å². The van der Waals surface area contributed by atoms with E-state index in [-0.39, 0.29) is 24.0 Å². The average Bonchev–Trinajstić information content (AvgIpc) is 3.25. The molecule has 1 fully saturated rings. The summed E-state index contributed by atoms with van der Waals surface area (Å²) in [7, 11) is -2.04. The molecule has 2 atom stereocenters. The van der Waals surface area contributed by atoms with E-state index in [2.05, 4.69) is 34.2 Å². The van der Waals surface area contributed by atoms with Gasteiger partial charge in [-0.2, -0.15) is 15.1 Å². The zero-order chi connectivity index (χ0) is 19.4. The van der Waals surface area contributed by atoms with Crippen LogP contribution in [0.15, 0.2) is 6.20 Å². The Morgan fingerprint density at radius 2 is 2.15 bits per heavy atom. The lowest BCUT2D eigenvalue weighted by atomic mass is 10.2. The predicted molar refractivity (Wildman–Crippen MR) is 104 cm³/mol. The van der Waals surface area contributed by atoms with E-state index < -0.39 is 8.38 Å². The summed E-state index contributed by atoms with van der Waals surface area (Å²) in [4.78, 5) is 26.5. The van der Waals surface area contributed by atoms with Crippen molar-refractivity contribution in [3.8, 4) is 0 Å². The fourth-order valence-corrected chi connectivity index (χ4v) is 3.59. The predicted octanol–water partition coefficient (Wildman–Crippen LogP) is 3.03. The van der Waals surface area contributed by atoms with Crippen molar-refractivity contribution in [1.82, 2.24) is 19.7 Å². The Balaban J connectivity index is 1.75. The number of hydrogen-bond donors (Lipinski definition) is 3. The van der Waals surface area contributed by atoms with E-state index in [0.717, 1.165) is 31.1 Å². The molecule has 0 aromatic carbocycles. The summed E-state index contributed by atoms with van der Waals surface area (Å²) in [6.07, 6.45) is 4.77. The third kappa shape index (κ3) is 5.04. The number of anilines is 1. The lowest BCUT2D eigenvalue weighted by Crippen LogP contribution is -2.19. The van der Waals surface area contributed by atoms with E-state index in [4.69, 9.17) is 30.9 Å². The number of hydrogen-bond acceptors (Lipinski definition) is 8. The summed E-state index contributed by atoms with van der Waals surface area (Å²) in [6, 6.07) is 0.301. The van der Waals surface area contributed by atoms with Crippen molar-refractivity contribution in [3.63, 3.8) is 0 Å². The molecule has 11 heteroatoms. The molecule has 9 nitrogen and oxygen atoms in total. The molecule has 3 rings (SSSR count). The first-order valence-electron chi connectivity index (χ1n) is 9.07. The fraction of sp³-hybridized carbons (Fsp3) is 0.688. The topological polar surface area (TPSA) is 115 Å². The molecule has 27 heavy (non-hydrogen) atoms. The lowest BCUT2D eigenvalue weighted by Gasteiger charge is -2.17. The van der Waals surface area contributed by atoms with E-state index in [9.17, 15) is 0 Å². The summed E-state index contributed by atoms with van der Waals surface area (Å²) < 4.78 is 13.0. The van der Waals surface area contributed by atoms with Crippen molar-refractivity contribution in [2.75, 3.05) is 18.3 Å². The Bertz CT molecular complexity index is 758. The highest BCUT2D eigenvalue weighted by Crippen LogP contribution is 2.33. The second-order valence-electron chi connectivity index (χ2n) is 6.49. The quantitative estimate of drug-likeness (QED) is 0.421. The highest BCUT2D eigenvalue weighted by Gasteiger charge is 2.29. The van der Waals surface area contributed by atoms with Crippen molar-refractivity contribution in [2.24, 2.45) is 0 Å². The van der Waals surface area contributed by atoms with Gasteiger partial charge in [0.1, 0.15) is 12.2 Å². The summed E-state index contributed by atoms with van der Waals surface area (Å²) in [5.74, 6) is 0.682. The maximum Gasteiger partial charge on any atom is 0.226 e. The van der Waals surface area contributed by atoms with Crippen molar-refractivity contribution in [3.05, 3.63) is 11.5 Å². The minimum Gasteiger partial charge on any atom is -0.369 e. The molecule has 150 valence electrons. The minimum absolute atomic E-state index is 0.0710. The van der Waals surface area contributed by atoms with Crippen LogP contribution in [0.4, 0.5) is 5.82 Å². The number of ether oxygens (including phenoxy) is 2. The second-order valence-corrected chi connectivity index (χ2v) is 7.83. The van der Waals surface area contributed by atoms with Crippen LogP contribution >= 0.6 is 20.0 Å². The second kappa shape index (κ2) is 9.41. The highest BCUT2D eigenvalue weighted by atomic mass is 35.5. The molecular weight excluding hydrogens is 393 g/mol. The van der Waals surface area contributed by atoms with Gasteiger partial charge in [0.25, 0.3) is 0 Å². The molecule has 3 N–H and O–H groups in total. The zero-order valence-corrected chi connectivity index (χ0v) is 17.0. The van der Waals surface area contributed by atoms with E-state index in [0.29, 0.717) is 24.1 Å². The molecule has 0 saturated carbocycles. The third-order valence-corrected chi connectivity index (χ3v) is 5.20. The summed E-state index contributed by atoms with van der Waals surface area (Å²) in [6.45, 7) is 4.55. The monoisotopic (exact) mass is 417 g/mol. The van der Waals surface area contributed by atoms with Crippen LogP contribution in [-0.4, -0.2) is 54.6 Å². The van der Waals surface area contributed by atoms with Crippen LogP contribution in [-0.2, 0) is 9.47 Å². The standard InChI is InChI=1S/C16H25ClN5O4P/c1-3-10(4-2)19-14-12-7-18-22(15(12)21-16(17)20-14)13-6-5-11(26-13)8-25-9-27(23)24/h7,10-11,13,23-24H,3-6,8-9H2,1-2H3,(H,19,20,21). The fourth-order valence-electron chi connectivity index (χ4n) is 3.16. The Morgan fingerprint density at radius 1 is 1.37 bits per heavy atom. The SMILES string of the molecule is CCC(CC)Nc1nc(Cl)nc2c1cnn2C1CCC(COCP(O)O)O1. The van der Waals surface area contributed by atoms with Crippen LogP contribution < -0.4 is 5.32 Å². The zero-order valence-electron chi connectivity index (χ0n) is 15.4. The number of halogens is 1. The van der Waals surface area contributed by atoms with Crippen LogP contribution in [0.1, 0.15) is 45.8 Å². The van der Waals surface area contributed by atoms with Crippen molar-refractivity contribution >= 4 is 36.8 Å². The first-order chi connectivity index (χ1) is 13.0. The van der Waals surface area contributed by atoms with Crippen molar-refractivity contribution < 1.29 is 19.3 Å². The molecule has 2 aromatic rings. The number of nitrogens with one attached hydrogen (secondary N) is 1. The minimum atomic E-state index is -2.04. The van der Waals surface area contributed by atoms with Crippen LogP contribution in [0.2, 0.25) is 5.28 Å². The molecule has 0 bridgehead atoms. The Kier molecular flexibility index (Phi) is 7.19. The summed E-state index contributed by atoms with van der Waals surface area (Å²) >= 11 is 6.15. The van der Waals surface area contributed by atoms with Gasteiger partial charge in [-0.1, -0.05) is 13.8 Å². The first-order valence-corrected chi connectivity index (χ1v) is 10.9. The number of rotatable bonds is 9. The van der Waals surface area contributed by atoms with Gasteiger partial charge in [0, 0.05) is 6.04 Å². The number of nitrogens with zero attached hydrogens (tertiary/aromatic N) is 4. The van der Waals surface area contributed by atoms with Crippen molar-refractivity contribution in [2.45, 2.75) is 57.9 Å². The molecule has 0 amide bonds. The maximum atomic E-state index is 8.90. The number of fused-ring (bicyclic) bond motifs is 1. The van der Waals surface area contributed by atoms with Gasteiger partial charge in [-0.25, -0.2) is 4.68 Å². The van der Waals surface area contributed by atoms with Gasteiger partial charge in [-0.05, 0) is 37.3 Å². The van der Waals surface area contributed by atoms with Gasteiger partial charge in [0.15, 0.2) is 20.3 Å². The van der Waals surface area contributed by atoms with E-state index in [1.165, 1.54) is 0 Å². The summed E-state index contributed by atoms with van der Waals surface area (Å²) in [5.41, 5.74) is 0.629. The van der Waals surface area contributed by atoms with Gasteiger partial charge in [-0.15, -0.1) is 0 Å². The third-order valence-electron chi connectivity index (χ3n) is 4.62. The molecule has 0 radical (unpaired) electrons. The lowest BCUT2D eigenvalue weighted by molar-refractivity contribution is -0.0384. The molecule has 1 aliphatic rings. The largest absolute Gasteiger partial charge is 0.369 e. The van der Waals surface area contributed by atoms with E-state index in [1.807, 2.05) is 0 Å². The van der Waals surface area contributed by atoms with Crippen LogP contribution in [0.5, 0.6) is 0 Å². The molecule has 0 spiro atoms. The van der Waals surface area contributed by atoms with E-state index >= 15 is 0 Å². The Morgan fingerprint density at radius 3 is 2.85 bits per heavy atom. The Labute approximate surface area is 164 Å². The molecular formula is C16H25ClN5O4P. The van der Waals surface area contributed by atoms with Crippen molar-refractivity contribution in [1.29, 1.82) is 0 Å². The highest BCUT2D eigenvalue weighted by molar-refractivity contribution is 7.44. The van der Waals surface area contributed by atoms with Gasteiger partial charge in [-0.3, -0.25) is 0 Å². The van der Waals surface area contributed by atoms with Crippen LogP contribution in [0.3, 0.4) is 0 Å². The molecule has 3 heterocycles. The van der Waals surface area contributed by atoms with Crippen LogP contribution in [0.25, 0.3) is 11.0 Å². The first kappa shape index (κ1) is 20.6. The van der Waals surface area contributed by atoms with Gasteiger partial charge < -0.3 is 24.6 Å². The average molecular weight is 418 g/mol. The molecule has 2 unspecified atom stereocenters. The van der Waals surface area contributed by atoms with Gasteiger partial charge >= 0.3 is 0 Å². The maximum absolute atomic E-state index is 8.90. The smallest absolute Gasteiger partial charge is 0.226 e. The Hall–Kier alpha value is -1.09.